The molecule has 3 N–H and O–H groups in total. The first kappa shape index (κ1) is 13.7. The van der Waals surface area contributed by atoms with Gasteiger partial charge in [-0.1, -0.05) is 35.5 Å². The summed E-state index contributed by atoms with van der Waals surface area (Å²) in [5.74, 6) is 1.32. The van der Waals surface area contributed by atoms with Crippen LogP contribution in [0.1, 0.15) is 11.1 Å². The van der Waals surface area contributed by atoms with E-state index in [0.717, 1.165) is 11.3 Å². The van der Waals surface area contributed by atoms with E-state index in [0.29, 0.717) is 17.9 Å². The third-order valence-corrected chi connectivity index (χ3v) is 2.85. The third-order valence-electron chi connectivity index (χ3n) is 2.85. The van der Waals surface area contributed by atoms with E-state index in [9.17, 15) is 0 Å². The van der Waals surface area contributed by atoms with Crippen molar-refractivity contribution in [1.29, 1.82) is 0 Å². The van der Waals surface area contributed by atoms with E-state index >= 15 is 0 Å². The molecular formula is C15H16N2O3. The lowest BCUT2D eigenvalue weighted by Crippen LogP contribution is -2.14. The highest BCUT2D eigenvalue weighted by Gasteiger charge is 2.09. The number of hydrogen-bond acceptors (Lipinski definition) is 4. The Labute approximate surface area is 117 Å². The van der Waals surface area contributed by atoms with E-state index in [4.69, 9.17) is 20.4 Å². The van der Waals surface area contributed by atoms with E-state index < -0.39 is 0 Å². The number of methoxy groups -OCH3 is 1. The molecule has 0 aliphatic heterocycles. The number of oxime groups is 1. The number of rotatable bonds is 5. The van der Waals surface area contributed by atoms with Gasteiger partial charge in [-0.2, -0.15) is 0 Å². The summed E-state index contributed by atoms with van der Waals surface area (Å²) in [6, 6.07) is 14.7. The van der Waals surface area contributed by atoms with Crippen LogP contribution in [0.2, 0.25) is 0 Å². The summed E-state index contributed by atoms with van der Waals surface area (Å²) in [5, 5.41) is 11.8. The molecular weight excluding hydrogens is 256 g/mol. The third kappa shape index (κ3) is 3.00. The molecule has 0 amide bonds. The summed E-state index contributed by atoms with van der Waals surface area (Å²) in [7, 11) is 1.61. The second-order valence-electron chi connectivity index (χ2n) is 4.08. The van der Waals surface area contributed by atoms with Crippen molar-refractivity contribution in [1.82, 2.24) is 0 Å². The van der Waals surface area contributed by atoms with Crippen LogP contribution in [0.3, 0.4) is 0 Å². The largest absolute Gasteiger partial charge is 0.496 e. The molecule has 0 aromatic heterocycles. The van der Waals surface area contributed by atoms with Gasteiger partial charge < -0.3 is 20.4 Å². The highest BCUT2D eigenvalue weighted by atomic mass is 16.5. The van der Waals surface area contributed by atoms with Crippen LogP contribution < -0.4 is 15.2 Å². The molecule has 0 saturated carbocycles. The van der Waals surface area contributed by atoms with Crippen LogP contribution in [0.5, 0.6) is 11.5 Å². The fraction of sp³-hybridized carbons (Fsp3) is 0.133. The van der Waals surface area contributed by atoms with Crippen molar-refractivity contribution >= 4 is 5.84 Å². The Balaban J connectivity index is 2.19. The van der Waals surface area contributed by atoms with E-state index in [1.165, 1.54) is 0 Å². The van der Waals surface area contributed by atoms with E-state index in [-0.39, 0.29) is 5.84 Å². The second kappa shape index (κ2) is 6.47. The highest BCUT2D eigenvalue weighted by molar-refractivity contribution is 5.99. The van der Waals surface area contributed by atoms with Gasteiger partial charge >= 0.3 is 0 Å². The quantitative estimate of drug-likeness (QED) is 0.379. The number of nitrogens with zero attached hydrogens (tertiary/aromatic N) is 1. The Bertz CT molecular complexity index is 612. The molecule has 0 bridgehead atoms. The number of ether oxygens (including phenoxy) is 2. The minimum absolute atomic E-state index is 0.0145. The van der Waals surface area contributed by atoms with E-state index in [2.05, 4.69) is 5.16 Å². The van der Waals surface area contributed by atoms with Crippen molar-refractivity contribution in [3.05, 3.63) is 59.7 Å². The van der Waals surface area contributed by atoms with Gasteiger partial charge in [-0.25, -0.2) is 0 Å². The van der Waals surface area contributed by atoms with Crippen molar-refractivity contribution in [2.45, 2.75) is 6.61 Å². The number of hydrogen-bond donors (Lipinski definition) is 2. The Morgan fingerprint density at radius 2 is 1.75 bits per heavy atom. The zero-order valence-electron chi connectivity index (χ0n) is 11.1. The molecule has 0 spiro atoms. The van der Waals surface area contributed by atoms with Crippen LogP contribution in [-0.2, 0) is 6.61 Å². The molecule has 2 rings (SSSR count). The van der Waals surface area contributed by atoms with Gasteiger partial charge in [-0.05, 0) is 18.2 Å². The van der Waals surface area contributed by atoms with Crippen LogP contribution in [-0.4, -0.2) is 18.2 Å². The summed E-state index contributed by atoms with van der Waals surface area (Å²) in [5.41, 5.74) is 7.08. The Morgan fingerprint density at radius 1 is 1.10 bits per heavy atom. The minimum atomic E-state index is 0.0145. The van der Waals surface area contributed by atoms with Crippen LogP contribution in [0.25, 0.3) is 0 Å². The number of nitrogens with two attached hydrogens (primary N) is 1. The average molecular weight is 272 g/mol. The number of benzene rings is 2. The Hall–Kier alpha value is -2.69. The molecule has 0 fully saturated rings. The molecule has 2 aromatic rings. The lowest BCUT2D eigenvalue weighted by molar-refractivity contribution is 0.295. The smallest absolute Gasteiger partial charge is 0.173 e. The summed E-state index contributed by atoms with van der Waals surface area (Å²) in [6.45, 7) is 0.333. The molecule has 0 atom stereocenters. The zero-order chi connectivity index (χ0) is 14.4. The van der Waals surface area contributed by atoms with Gasteiger partial charge in [-0.3, -0.25) is 0 Å². The summed E-state index contributed by atoms with van der Waals surface area (Å²) >= 11 is 0. The highest BCUT2D eigenvalue weighted by Crippen LogP contribution is 2.22. The molecule has 0 unspecified atom stereocenters. The predicted molar refractivity (Wildman–Crippen MR) is 76.3 cm³/mol. The van der Waals surface area contributed by atoms with E-state index in [1.54, 1.807) is 25.3 Å². The molecule has 0 aliphatic carbocycles. The summed E-state index contributed by atoms with van der Waals surface area (Å²) in [6.07, 6.45) is 0. The Morgan fingerprint density at radius 3 is 2.45 bits per heavy atom. The molecule has 5 heteroatoms. The molecule has 5 nitrogen and oxygen atoms in total. The van der Waals surface area contributed by atoms with Gasteiger partial charge in [0.15, 0.2) is 5.84 Å². The maximum Gasteiger partial charge on any atom is 0.173 e. The fourth-order valence-corrected chi connectivity index (χ4v) is 1.84. The molecule has 20 heavy (non-hydrogen) atoms. The van der Waals surface area contributed by atoms with Crippen molar-refractivity contribution in [2.75, 3.05) is 7.11 Å². The van der Waals surface area contributed by atoms with Crippen LogP contribution >= 0.6 is 0 Å². The first-order valence-corrected chi connectivity index (χ1v) is 6.08. The van der Waals surface area contributed by atoms with Crippen molar-refractivity contribution in [2.24, 2.45) is 10.9 Å². The van der Waals surface area contributed by atoms with Gasteiger partial charge in [0.25, 0.3) is 0 Å². The second-order valence-corrected chi connectivity index (χ2v) is 4.08. The first-order valence-electron chi connectivity index (χ1n) is 6.08. The standard InChI is InChI=1S/C15H16N2O3/c1-19-13-8-4-2-6-11(13)10-20-14-9-5-3-7-12(14)15(16)17-18/h2-9,18H,10H2,1H3,(H2,16,17). The maximum absolute atomic E-state index is 8.77. The zero-order valence-corrected chi connectivity index (χ0v) is 11.1. The van der Waals surface area contributed by atoms with Crippen LogP contribution in [0.15, 0.2) is 53.7 Å². The first-order chi connectivity index (χ1) is 9.76. The maximum atomic E-state index is 8.77. The van der Waals surface area contributed by atoms with E-state index in [1.807, 2.05) is 30.3 Å². The van der Waals surface area contributed by atoms with Gasteiger partial charge in [0.2, 0.25) is 0 Å². The molecule has 104 valence electrons. The summed E-state index contributed by atoms with van der Waals surface area (Å²) in [4.78, 5) is 0. The monoisotopic (exact) mass is 272 g/mol. The van der Waals surface area contributed by atoms with Crippen LogP contribution in [0, 0.1) is 0 Å². The molecule has 2 aromatic carbocycles. The van der Waals surface area contributed by atoms with Gasteiger partial charge in [0.05, 0.1) is 12.7 Å². The fourth-order valence-electron chi connectivity index (χ4n) is 1.84. The number of amidine groups is 1. The van der Waals surface area contributed by atoms with Gasteiger partial charge in [0.1, 0.15) is 18.1 Å². The molecule has 0 saturated heterocycles. The van der Waals surface area contributed by atoms with Crippen molar-refractivity contribution in [3.8, 4) is 11.5 Å². The average Bonchev–Trinajstić information content (AvgIpc) is 2.52. The minimum Gasteiger partial charge on any atom is -0.496 e. The predicted octanol–water partition coefficient (Wildman–Crippen LogP) is 2.37. The lowest BCUT2D eigenvalue weighted by atomic mass is 10.2. The van der Waals surface area contributed by atoms with Crippen molar-refractivity contribution < 1.29 is 14.7 Å². The Kier molecular flexibility index (Phi) is 4.44. The summed E-state index contributed by atoms with van der Waals surface area (Å²) < 4.78 is 11.0. The number of para-hydroxylation sites is 2. The van der Waals surface area contributed by atoms with Crippen LogP contribution in [0.4, 0.5) is 0 Å². The SMILES string of the molecule is COc1ccccc1COc1ccccc1C(N)=NO. The molecule has 0 aliphatic rings. The molecule has 0 heterocycles. The van der Waals surface area contributed by atoms with Gasteiger partial charge in [0, 0.05) is 5.56 Å². The topological polar surface area (TPSA) is 77.1 Å². The molecule has 0 radical (unpaired) electrons. The van der Waals surface area contributed by atoms with Crippen molar-refractivity contribution in [3.63, 3.8) is 0 Å². The normalized spacial score (nSPS) is 11.2. The van der Waals surface area contributed by atoms with Gasteiger partial charge in [-0.15, -0.1) is 0 Å². The lowest BCUT2D eigenvalue weighted by Gasteiger charge is -2.12.